The second-order valence-corrected chi connectivity index (χ2v) is 5.22. The maximum absolute atomic E-state index is 12.2. The lowest BCUT2D eigenvalue weighted by Crippen LogP contribution is -2.03. The molecule has 0 atom stereocenters. The van der Waals surface area contributed by atoms with E-state index in [1.54, 1.807) is 44.6 Å². The molecule has 1 N–H and O–H groups in total. The number of anilines is 1. The van der Waals surface area contributed by atoms with Gasteiger partial charge in [0.1, 0.15) is 0 Å². The largest absolute Gasteiger partial charge is 0.493 e. The molecule has 22 heavy (non-hydrogen) atoms. The van der Waals surface area contributed by atoms with Crippen molar-refractivity contribution in [2.45, 2.75) is 0 Å². The topological polar surface area (TPSA) is 47.6 Å². The van der Waals surface area contributed by atoms with Gasteiger partial charge in [-0.15, -0.1) is 0 Å². The average Bonchev–Trinajstić information content (AvgIpc) is 2.82. The molecule has 2 aromatic rings. The van der Waals surface area contributed by atoms with Crippen molar-refractivity contribution >= 4 is 34.8 Å². The van der Waals surface area contributed by atoms with Crippen LogP contribution in [0.15, 0.2) is 36.4 Å². The fourth-order valence-electron chi connectivity index (χ4n) is 2.48. The Bertz CT molecular complexity index is 783. The third-order valence-electron chi connectivity index (χ3n) is 3.50. The van der Waals surface area contributed by atoms with Gasteiger partial charge in [0.15, 0.2) is 11.5 Å². The van der Waals surface area contributed by atoms with Crippen LogP contribution in [0.3, 0.4) is 0 Å². The summed E-state index contributed by atoms with van der Waals surface area (Å²) in [5.41, 5.74) is 2.84. The van der Waals surface area contributed by atoms with Crippen LogP contribution in [-0.2, 0) is 4.79 Å². The van der Waals surface area contributed by atoms with Crippen molar-refractivity contribution < 1.29 is 14.3 Å². The number of nitrogens with one attached hydrogen (secondary N) is 1. The predicted molar refractivity (Wildman–Crippen MR) is 87.5 cm³/mol. The lowest BCUT2D eigenvalue weighted by Gasteiger charge is -2.10. The molecule has 0 bridgehead atoms. The normalized spacial score (nSPS) is 14.7. The van der Waals surface area contributed by atoms with E-state index in [0.29, 0.717) is 22.1 Å². The van der Waals surface area contributed by atoms with Crippen molar-refractivity contribution in [1.82, 2.24) is 0 Å². The summed E-state index contributed by atoms with van der Waals surface area (Å²) in [6.07, 6.45) is 1.78. The van der Waals surface area contributed by atoms with Gasteiger partial charge in [-0.1, -0.05) is 23.7 Å². The van der Waals surface area contributed by atoms with E-state index in [2.05, 4.69) is 5.32 Å². The van der Waals surface area contributed by atoms with Gasteiger partial charge in [0.05, 0.1) is 14.2 Å². The number of benzene rings is 2. The lowest BCUT2D eigenvalue weighted by molar-refractivity contribution is -0.110. The van der Waals surface area contributed by atoms with E-state index in [1.165, 1.54) is 0 Å². The summed E-state index contributed by atoms with van der Waals surface area (Å²) in [6, 6.07) is 10.8. The lowest BCUT2D eigenvalue weighted by atomic mass is 10.0. The molecule has 0 spiro atoms. The molecule has 0 unspecified atom stereocenters. The maximum atomic E-state index is 12.2. The maximum Gasteiger partial charge on any atom is 0.256 e. The average molecular weight is 316 g/mol. The van der Waals surface area contributed by atoms with Crippen LogP contribution in [0, 0.1) is 0 Å². The van der Waals surface area contributed by atoms with Gasteiger partial charge in [-0.3, -0.25) is 4.79 Å². The molecule has 0 radical (unpaired) electrons. The zero-order valence-electron chi connectivity index (χ0n) is 12.1. The number of para-hydroxylation sites is 1. The Kier molecular flexibility index (Phi) is 3.77. The van der Waals surface area contributed by atoms with Crippen LogP contribution in [0.25, 0.3) is 11.6 Å². The Balaban J connectivity index is 2.14. The van der Waals surface area contributed by atoms with Crippen LogP contribution >= 0.6 is 11.6 Å². The van der Waals surface area contributed by atoms with Gasteiger partial charge in [-0.2, -0.15) is 0 Å². The quantitative estimate of drug-likeness (QED) is 0.875. The predicted octanol–water partition coefficient (Wildman–Crippen LogP) is 3.85. The highest BCUT2D eigenvalue weighted by atomic mass is 35.5. The number of halogens is 1. The highest BCUT2D eigenvalue weighted by molar-refractivity contribution is 6.36. The van der Waals surface area contributed by atoms with Gasteiger partial charge in [0.25, 0.3) is 5.91 Å². The van der Waals surface area contributed by atoms with Crippen molar-refractivity contribution in [3.8, 4) is 11.5 Å². The molecule has 0 saturated carbocycles. The van der Waals surface area contributed by atoms with E-state index < -0.39 is 0 Å². The first kappa shape index (κ1) is 14.5. The zero-order chi connectivity index (χ0) is 15.7. The standard InChI is InChI=1S/C17H14ClNO3/c1-21-15-5-3-4-10(16(15)22-2)8-13-12-9-11(18)6-7-14(12)19-17(13)20/h3-9H,1-2H3,(H,19,20)/b13-8+. The monoisotopic (exact) mass is 315 g/mol. The molecule has 1 aliphatic heterocycles. The van der Waals surface area contributed by atoms with E-state index >= 15 is 0 Å². The molecule has 4 nitrogen and oxygen atoms in total. The van der Waals surface area contributed by atoms with Gasteiger partial charge in [0.2, 0.25) is 0 Å². The summed E-state index contributed by atoms with van der Waals surface area (Å²) in [5, 5.41) is 3.41. The second-order valence-electron chi connectivity index (χ2n) is 4.78. The number of hydrogen-bond donors (Lipinski definition) is 1. The molecule has 2 aromatic carbocycles. The van der Waals surface area contributed by atoms with Crippen molar-refractivity contribution in [1.29, 1.82) is 0 Å². The first-order valence-corrected chi connectivity index (χ1v) is 7.06. The fourth-order valence-corrected chi connectivity index (χ4v) is 2.66. The molecule has 1 heterocycles. The molecule has 1 aliphatic rings. The van der Waals surface area contributed by atoms with Crippen LogP contribution in [-0.4, -0.2) is 20.1 Å². The van der Waals surface area contributed by atoms with E-state index in [4.69, 9.17) is 21.1 Å². The van der Waals surface area contributed by atoms with Crippen LogP contribution in [0.5, 0.6) is 11.5 Å². The van der Waals surface area contributed by atoms with Gasteiger partial charge >= 0.3 is 0 Å². The molecule has 5 heteroatoms. The Morgan fingerprint density at radius 2 is 1.95 bits per heavy atom. The summed E-state index contributed by atoms with van der Waals surface area (Å²) in [4.78, 5) is 12.2. The number of rotatable bonds is 3. The number of ether oxygens (including phenoxy) is 2. The van der Waals surface area contributed by atoms with E-state index in [0.717, 1.165) is 16.8 Å². The van der Waals surface area contributed by atoms with Crippen molar-refractivity contribution in [3.05, 3.63) is 52.5 Å². The summed E-state index contributed by atoms with van der Waals surface area (Å²) in [5.74, 6) is 1.03. The summed E-state index contributed by atoms with van der Waals surface area (Å²) in [6.45, 7) is 0. The van der Waals surface area contributed by atoms with Gasteiger partial charge < -0.3 is 14.8 Å². The van der Waals surface area contributed by atoms with E-state index in [9.17, 15) is 4.79 Å². The molecular formula is C17H14ClNO3. The highest BCUT2D eigenvalue weighted by Gasteiger charge is 2.24. The number of carbonyl (C=O) groups is 1. The number of hydrogen-bond acceptors (Lipinski definition) is 3. The first-order chi connectivity index (χ1) is 10.6. The van der Waals surface area contributed by atoms with Gasteiger partial charge in [-0.05, 0) is 30.3 Å². The Labute approximate surface area is 133 Å². The Hall–Kier alpha value is -2.46. The van der Waals surface area contributed by atoms with E-state index in [-0.39, 0.29) is 5.91 Å². The summed E-state index contributed by atoms with van der Waals surface area (Å²) >= 11 is 6.03. The fraction of sp³-hybridized carbons (Fsp3) is 0.118. The van der Waals surface area contributed by atoms with Crippen LogP contribution < -0.4 is 14.8 Å². The van der Waals surface area contributed by atoms with Crippen molar-refractivity contribution in [3.63, 3.8) is 0 Å². The van der Waals surface area contributed by atoms with Crippen LogP contribution in [0.4, 0.5) is 5.69 Å². The molecule has 3 rings (SSSR count). The first-order valence-electron chi connectivity index (χ1n) is 6.68. The number of methoxy groups -OCH3 is 2. The minimum atomic E-state index is -0.165. The van der Waals surface area contributed by atoms with Crippen molar-refractivity contribution in [2.24, 2.45) is 0 Å². The molecule has 1 amide bonds. The van der Waals surface area contributed by atoms with Gasteiger partial charge in [0, 0.05) is 27.4 Å². The minimum Gasteiger partial charge on any atom is -0.493 e. The summed E-state index contributed by atoms with van der Waals surface area (Å²) in [7, 11) is 3.14. The molecule has 0 aromatic heterocycles. The van der Waals surface area contributed by atoms with Gasteiger partial charge in [-0.25, -0.2) is 0 Å². The molecule has 0 fully saturated rings. The number of amides is 1. The Morgan fingerprint density at radius 1 is 1.14 bits per heavy atom. The molecule has 0 saturated heterocycles. The molecule has 0 aliphatic carbocycles. The van der Waals surface area contributed by atoms with Crippen LogP contribution in [0.1, 0.15) is 11.1 Å². The second kappa shape index (κ2) is 5.73. The smallest absolute Gasteiger partial charge is 0.256 e. The number of carbonyl (C=O) groups excluding carboxylic acids is 1. The highest BCUT2D eigenvalue weighted by Crippen LogP contribution is 2.38. The van der Waals surface area contributed by atoms with Crippen LogP contribution in [0.2, 0.25) is 5.02 Å². The SMILES string of the molecule is COc1cccc(/C=C2/C(=O)Nc3ccc(Cl)cc32)c1OC. The van der Waals surface area contributed by atoms with E-state index in [1.807, 2.05) is 12.1 Å². The van der Waals surface area contributed by atoms with Crippen molar-refractivity contribution in [2.75, 3.05) is 19.5 Å². The zero-order valence-corrected chi connectivity index (χ0v) is 12.9. The molecule has 112 valence electrons. The third kappa shape index (κ3) is 2.42. The third-order valence-corrected chi connectivity index (χ3v) is 3.73. The Morgan fingerprint density at radius 3 is 2.68 bits per heavy atom. The number of fused-ring (bicyclic) bond motifs is 1. The summed E-state index contributed by atoms with van der Waals surface area (Å²) < 4.78 is 10.7. The molecular weight excluding hydrogens is 302 g/mol. The minimum absolute atomic E-state index is 0.165.